The van der Waals surface area contributed by atoms with E-state index >= 15 is 0 Å². The third-order valence-corrected chi connectivity index (χ3v) is 3.20. The van der Waals surface area contributed by atoms with Gasteiger partial charge in [0, 0.05) is 5.56 Å². The number of hydrogen-bond acceptors (Lipinski definition) is 2. The molecule has 0 bridgehead atoms. The summed E-state index contributed by atoms with van der Waals surface area (Å²) in [6.45, 7) is 0. The Hall–Kier alpha value is -1.72. The fourth-order valence-electron chi connectivity index (χ4n) is 1.50. The highest BCUT2D eigenvalue weighted by atomic mass is 32.2. The average molecular weight is 252 g/mol. The van der Waals surface area contributed by atoms with Gasteiger partial charge < -0.3 is 0 Å². The van der Waals surface area contributed by atoms with Crippen LogP contribution in [0.1, 0.15) is 0 Å². The smallest absolute Gasteiger partial charge is 0.282 e. The van der Waals surface area contributed by atoms with Crippen molar-refractivity contribution in [1.29, 1.82) is 0 Å². The summed E-state index contributed by atoms with van der Waals surface area (Å²) < 4.78 is 43.9. The van der Waals surface area contributed by atoms with E-state index in [1.807, 2.05) is 0 Å². The first-order valence-corrected chi connectivity index (χ1v) is 6.25. The lowest BCUT2D eigenvalue weighted by molar-refractivity contribution is 0.483. The standard InChI is InChI=1S/C12H9FO3S/c13-12-4-2-1-3-11(12)9-5-7-10(8-6-9)17(14,15)16/h1-8H,(H,14,15,16). The quantitative estimate of drug-likeness (QED) is 0.836. The molecule has 0 aliphatic heterocycles. The van der Waals surface area contributed by atoms with Crippen molar-refractivity contribution in [2.75, 3.05) is 0 Å². The van der Waals surface area contributed by atoms with Crippen LogP contribution >= 0.6 is 0 Å². The molecule has 0 unspecified atom stereocenters. The normalized spacial score (nSPS) is 11.4. The van der Waals surface area contributed by atoms with Crippen LogP contribution in [0.2, 0.25) is 0 Å². The van der Waals surface area contributed by atoms with E-state index in [1.165, 1.54) is 30.3 Å². The molecule has 0 radical (unpaired) electrons. The third kappa shape index (κ3) is 2.51. The van der Waals surface area contributed by atoms with E-state index in [4.69, 9.17) is 4.55 Å². The molecule has 0 saturated heterocycles. The van der Waals surface area contributed by atoms with Crippen LogP contribution in [0.3, 0.4) is 0 Å². The molecule has 0 amide bonds. The van der Waals surface area contributed by atoms with Crippen molar-refractivity contribution < 1.29 is 17.4 Å². The molecule has 0 aliphatic rings. The lowest BCUT2D eigenvalue weighted by Gasteiger charge is -2.03. The highest BCUT2D eigenvalue weighted by Gasteiger charge is 2.10. The van der Waals surface area contributed by atoms with Crippen molar-refractivity contribution in [3.05, 3.63) is 54.3 Å². The van der Waals surface area contributed by atoms with Gasteiger partial charge in [-0.25, -0.2) is 4.39 Å². The Morgan fingerprint density at radius 1 is 0.941 bits per heavy atom. The van der Waals surface area contributed by atoms with E-state index in [0.29, 0.717) is 11.1 Å². The van der Waals surface area contributed by atoms with Gasteiger partial charge in [0.1, 0.15) is 5.82 Å². The van der Waals surface area contributed by atoms with Crippen LogP contribution in [0.5, 0.6) is 0 Å². The van der Waals surface area contributed by atoms with Crippen LogP contribution in [0.15, 0.2) is 53.4 Å². The Morgan fingerprint density at radius 3 is 2.06 bits per heavy atom. The number of halogens is 1. The lowest BCUT2D eigenvalue weighted by Crippen LogP contribution is -1.97. The van der Waals surface area contributed by atoms with Gasteiger partial charge in [0.15, 0.2) is 0 Å². The third-order valence-electron chi connectivity index (χ3n) is 2.34. The van der Waals surface area contributed by atoms with E-state index in [2.05, 4.69) is 0 Å². The van der Waals surface area contributed by atoms with Gasteiger partial charge in [-0.15, -0.1) is 0 Å². The maximum absolute atomic E-state index is 13.4. The molecule has 1 N–H and O–H groups in total. The van der Waals surface area contributed by atoms with Crippen molar-refractivity contribution in [3.63, 3.8) is 0 Å². The number of benzene rings is 2. The SMILES string of the molecule is O=S(=O)(O)c1ccc(-c2ccccc2F)cc1. The summed E-state index contributed by atoms with van der Waals surface area (Å²) in [4.78, 5) is -0.211. The Balaban J connectivity index is 2.47. The van der Waals surface area contributed by atoms with Gasteiger partial charge in [0.25, 0.3) is 10.1 Å². The Bertz CT molecular complexity index is 633. The van der Waals surface area contributed by atoms with Crippen LogP contribution in [-0.2, 0) is 10.1 Å². The van der Waals surface area contributed by atoms with Crippen molar-refractivity contribution >= 4 is 10.1 Å². The van der Waals surface area contributed by atoms with E-state index in [9.17, 15) is 12.8 Å². The van der Waals surface area contributed by atoms with Gasteiger partial charge in [-0.1, -0.05) is 30.3 Å². The molecule has 3 nitrogen and oxygen atoms in total. The van der Waals surface area contributed by atoms with E-state index in [1.54, 1.807) is 18.2 Å². The summed E-state index contributed by atoms with van der Waals surface area (Å²) in [5.41, 5.74) is 0.935. The zero-order valence-electron chi connectivity index (χ0n) is 8.67. The van der Waals surface area contributed by atoms with Crippen molar-refractivity contribution in [2.24, 2.45) is 0 Å². The molecule has 88 valence electrons. The molecule has 5 heteroatoms. The monoisotopic (exact) mass is 252 g/mol. The number of rotatable bonds is 2. The molecule has 17 heavy (non-hydrogen) atoms. The summed E-state index contributed by atoms with van der Waals surface area (Å²) in [6.07, 6.45) is 0. The first kappa shape index (κ1) is 11.8. The first-order valence-electron chi connectivity index (χ1n) is 4.81. The highest BCUT2D eigenvalue weighted by Crippen LogP contribution is 2.23. The summed E-state index contributed by atoms with van der Waals surface area (Å²) in [7, 11) is -4.21. The summed E-state index contributed by atoms with van der Waals surface area (Å²) in [6, 6.07) is 11.5. The second-order valence-corrected chi connectivity index (χ2v) is 4.90. The minimum atomic E-state index is -4.21. The highest BCUT2D eigenvalue weighted by molar-refractivity contribution is 7.85. The predicted octanol–water partition coefficient (Wildman–Crippen LogP) is 2.74. The fourth-order valence-corrected chi connectivity index (χ4v) is 1.98. The van der Waals surface area contributed by atoms with E-state index in [-0.39, 0.29) is 10.7 Å². The van der Waals surface area contributed by atoms with Crippen molar-refractivity contribution in [1.82, 2.24) is 0 Å². The van der Waals surface area contributed by atoms with Gasteiger partial charge in [0.05, 0.1) is 4.90 Å². The molecular formula is C12H9FO3S. The summed E-state index contributed by atoms with van der Waals surface area (Å²) in [5.74, 6) is -0.382. The van der Waals surface area contributed by atoms with Gasteiger partial charge in [-0.3, -0.25) is 4.55 Å². The second kappa shape index (κ2) is 4.27. The first-order chi connectivity index (χ1) is 7.98. The Morgan fingerprint density at radius 2 is 1.53 bits per heavy atom. The van der Waals surface area contributed by atoms with Gasteiger partial charge in [-0.2, -0.15) is 8.42 Å². The largest absolute Gasteiger partial charge is 0.294 e. The lowest BCUT2D eigenvalue weighted by atomic mass is 10.1. The minimum absolute atomic E-state index is 0.211. The number of hydrogen-bond donors (Lipinski definition) is 1. The van der Waals surface area contributed by atoms with Gasteiger partial charge in [-0.05, 0) is 23.8 Å². The molecule has 0 fully saturated rings. The van der Waals surface area contributed by atoms with Crippen LogP contribution in [0.4, 0.5) is 4.39 Å². The van der Waals surface area contributed by atoms with Crippen LogP contribution in [-0.4, -0.2) is 13.0 Å². The summed E-state index contributed by atoms with van der Waals surface area (Å²) >= 11 is 0. The summed E-state index contributed by atoms with van der Waals surface area (Å²) in [5, 5.41) is 0. The zero-order chi connectivity index (χ0) is 12.5. The fraction of sp³-hybridized carbons (Fsp3) is 0. The van der Waals surface area contributed by atoms with E-state index in [0.717, 1.165) is 0 Å². The molecule has 0 saturated carbocycles. The van der Waals surface area contributed by atoms with Gasteiger partial charge in [0.2, 0.25) is 0 Å². The topological polar surface area (TPSA) is 54.4 Å². The molecule has 2 rings (SSSR count). The molecule has 2 aromatic rings. The molecular weight excluding hydrogens is 243 g/mol. The van der Waals surface area contributed by atoms with Crippen molar-refractivity contribution in [3.8, 4) is 11.1 Å². The average Bonchev–Trinajstić information content (AvgIpc) is 2.29. The van der Waals surface area contributed by atoms with Crippen LogP contribution in [0, 0.1) is 5.82 Å². The Kier molecular flexibility index (Phi) is 2.95. The molecule has 2 aromatic carbocycles. The maximum Gasteiger partial charge on any atom is 0.294 e. The predicted molar refractivity (Wildman–Crippen MR) is 61.7 cm³/mol. The minimum Gasteiger partial charge on any atom is -0.282 e. The second-order valence-electron chi connectivity index (χ2n) is 3.48. The zero-order valence-corrected chi connectivity index (χ0v) is 9.49. The molecule has 0 heterocycles. The molecule has 0 spiro atoms. The molecule has 0 atom stereocenters. The van der Waals surface area contributed by atoms with Gasteiger partial charge >= 0.3 is 0 Å². The van der Waals surface area contributed by atoms with Crippen LogP contribution in [0.25, 0.3) is 11.1 Å². The molecule has 0 aliphatic carbocycles. The van der Waals surface area contributed by atoms with Crippen LogP contribution < -0.4 is 0 Å². The Labute approximate surface area is 98.3 Å². The van der Waals surface area contributed by atoms with Crippen molar-refractivity contribution in [2.45, 2.75) is 4.90 Å². The van der Waals surface area contributed by atoms with E-state index < -0.39 is 10.1 Å². The maximum atomic E-state index is 13.4. The molecule has 0 aromatic heterocycles.